The number of carbonyl (C=O) groups is 5. The Morgan fingerprint density at radius 1 is 0.891 bits per heavy atom. The molecule has 2 unspecified atom stereocenters. The third-order valence-corrected chi connectivity index (χ3v) is 10.4. The maximum absolute atomic E-state index is 14.6. The molecule has 4 amide bonds. The van der Waals surface area contributed by atoms with Crippen molar-refractivity contribution >= 4 is 53.0 Å². The number of halogens is 1. The Morgan fingerprint density at radius 2 is 1.53 bits per heavy atom. The van der Waals surface area contributed by atoms with Gasteiger partial charge in [-0.05, 0) is 78.4 Å². The smallest absolute Gasteiger partial charge is 0.352 e. The lowest BCUT2D eigenvalue weighted by molar-refractivity contribution is -0.138. The van der Waals surface area contributed by atoms with Gasteiger partial charge in [0, 0.05) is 30.6 Å². The molecule has 1 saturated heterocycles. The van der Waals surface area contributed by atoms with E-state index in [4.69, 9.17) is 16.3 Å². The van der Waals surface area contributed by atoms with Crippen LogP contribution in [0.3, 0.4) is 0 Å². The molecule has 0 aromatic heterocycles. The van der Waals surface area contributed by atoms with E-state index in [1.54, 1.807) is 70.5 Å². The van der Waals surface area contributed by atoms with E-state index in [-0.39, 0.29) is 42.4 Å². The molecule has 0 spiro atoms. The molecule has 2 fully saturated rings. The molecule has 3 N–H and O–H groups in total. The van der Waals surface area contributed by atoms with E-state index in [2.05, 4.69) is 10.6 Å². The average Bonchev–Trinajstić information content (AvgIpc) is 3.78. The number of hydrogen-bond donors (Lipinski definition) is 3. The Morgan fingerprint density at radius 3 is 2.15 bits per heavy atom. The lowest BCUT2D eigenvalue weighted by Gasteiger charge is -2.32. The molecule has 4 aromatic carbocycles. The zero-order chi connectivity index (χ0) is 39.0. The molecular formula is C43H43ClN4O7. The Balaban J connectivity index is 1.31. The van der Waals surface area contributed by atoms with Gasteiger partial charge in [-0.2, -0.15) is 0 Å². The predicted molar refractivity (Wildman–Crippen MR) is 209 cm³/mol. The minimum absolute atomic E-state index is 0.193. The number of para-hydroxylation sites is 1. The van der Waals surface area contributed by atoms with E-state index in [9.17, 15) is 29.1 Å². The van der Waals surface area contributed by atoms with E-state index in [1.807, 2.05) is 48.5 Å². The van der Waals surface area contributed by atoms with Crippen LogP contribution in [-0.2, 0) is 30.4 Å². The molecule has 12 heteroatoms. The highest BCUT2D eigenvalue weighted by atomic mass is 35.5. The summed E-state index contributed by atoms with van der Waals surface area (Å²) in [6.07, 6.45) is 4.04. The second-order valence-corrected chi connectivity index (χ2v) is 14.3. The molecule has 1 heterocycles. The lowest BCUT2D eigenvalue weighted by atomic mass is 9.81. The second kappa shape index (κ2) is 17.5. The molecular weight excluding hydrogens is 720 g/mol. The number of amides is 4. The number of rotatable bonds is 14. The van der Waals surface area contributed by atoms with E-state index >= 15 is 0 Å². The van der Waals surface area contributed by atoms with Crippen LogP contribution in [0, 0.1) is 5.41 Å². The van der Waals surface area contributed by atoms with Gasteiger partial charge in [-0.1, -0.05) is 97.2 Å². The first-order valence-corrected chi connectivity index (χ1v) is 18.6. The summed E-state index contributed by atoms with van der Waals surface area (Å²) in [5.41, 5.74) is 1.40. The summed E-state index contributed by atoms with van der Waals surface area (Å²) in [6, 6.07) is 31.2. The van der Waals surface area contributed by atoms with Crippen LogP contribution in [0.5, 0.6) is 5.75 Å². The number of nitrogens with zero attached hydrogens (tertiary/aromatic N) is 2. The lowest BCUT2D eigenvalue weighted by Crippen LogP contribution is -2.43. The Bertz CT molecular complexity index is 2030. The molecule has 2 aliphatic rings. The summed E-state index contributed by atoms with van der Waals surface area (Å²) in [7, 11) is 0. The van der Waals surface area contributed by atoms with Crippen molar-refractivity contribution in [2.75, 3.05) is 18.1 Å². The average molecular weight is 763 g/mol. The SMILES string of the molecule is CC(=O)NCCC1(C(=O)NC(=Cc2ccc(N3C(=O)C(Cc4ccccc4)N(C(=O)COc4ccccc4)C3c3ccc(Cl)cc3)cc2)C(=O)O)CCCC1. The Hall–Kier alpha value is -5.94. The van der Waals surface area contributed by atoms with Crippen molar-refractivity contribution in [2.45, 2.75) is 57.7 Å². The summed E-state index contributed by atoms with van der Waals surface area (Å²) in [4.78, 5) is 69.3. The summed E-state index contributed by atoms with van der Waals surface area (Å²) in [5.74, 6) is -2.06. The van der Waals surface area contributed by atoms with Crippen LogP contribution in [0.15, 0.2) is 115 Å². The first-order chi connectivity index (χ1) is 26.5. The van der Waals surface area contributed by atoms with Crippen LogP contribution in [0.25, 0.3) is 6.08 Å². The highest BCUT2D eigenvalue weighted by Crippen LogP contribution is 2.42. The van der Waals surface area contributed by atoms with Crippen molar-refractivity contribution in [3.05, 3.63) is 137 Å². The van der Waals surface area contributed by atoms with Gasteiger partial charge in [0.15, 0.2) is 6.61 Å². The van der Waals surface area contributed by atoms with Gasteiger partial charge in [0.25, 0.3) is 11.8 Å². The van der Waals surface area contributed by atoms with Crippen molar-refractivity contribution in [1.82, 2.24) is 15.5 Å². The quantitative estimate of drug-likeness (QED) is 0.124. The van der Waals surface area contributed by atoms with Crippen molar-refractivity contribution < 1.29 is 33.8 Å². The fourth-order valence-corrected chi connectivity index (χ4v) is 7.53. The number of anilines is 1. The maximum atomic E-state index is 14.6. The number of nitrogens with one attached hydrogen (secondary N) is 2. The van der Waals surface area contributed by atoms with Crippen molar-refractivity contribution in [3.8, 4) is 5.75 Å². The number of carbonyl (C=O) groups excluding carboxylic acids is 4. The van der Waals surface area contributed by atoms with Gasteiger partial charge in [-0.3, -0.25) is 24.1 Å². The van der Waals surface area contributed by atoms with Crippen LogP contribution >= 0.6 is 11.6 Å². The van der Waals surface area contributed by atoms with E-state index in [0.717, 1.165) is 18.4 Å². The molecule has 2 atom stereocenters. The van der Waals surface area contributed by atoms with Gasteiger partial charge < -0.3 is 25.4 Å². The largest absolute Gasteiger partial charge is 0.484 e. The Kier molecular flexibility index (Phi) is 12.3. The number of carboxylic acid groups (broad SMARTS) is 1. The zero-order valence-electron chi connectivity index (χ0n) is 30.5. The Labute approximate surface area is 324 Å². The van der Waals surface area contributed by atoms with Crippen LogP contribution in [-0.4, -0.2) is 58.8 Å². The van der Waals surface area contributed by atoms with Gasteiger partial charge in [0.2, 0.25) is 11.8 Å². The maximum Gasteiger partial charge on any atom is 0.352 e. The van der Waals surface area contributed by atoms with Crippen molar-refractivity contribution in [3.63, 3.8) is 0 Å². The topological polar surface area (TPSA) is 145 Å². The third-order valence-electron chi connectivity index (χ3n) is 10.2. The zero-order valence-corrected chi connectivity index (χ0v) is 31.2. The molecule has 11 nitrogen and oxygen atoms in total. The fraction of sp³-hybridized carbons (Fsp3) is 0.279. The molecule has 1 aliphatic heterocycles. The molecule has 0 bridgehead atoms. The molecule has 1 saturated carbocycles. The normalized spacial score (nSPS) is 17.9. The molecule has 284 valence electrons. The highest BCUT2D eigenvalue weighted by molar-refractivity contribution is 6.30. The first kappa shape index (κ1) is 38.8. The summed E-state index contributed by atoms with van der Waals surface area (Å²) >= 11 is 6.27. The van der Waals surface area contributed by atoms with Crippen LogP contribution < -0.4 is 20.3 Å². The predicted octanol–water partition coefficient (Wildman–Crippen LogP) is 6.53. The standard InChI is InChI=1S/C43H43ClN4O7/c1-29(49)45-25-24-43(22-8-9-23-43)42(54)46-36(41(52)53)26-31-14-20-34(21-15-31)47-39(32-16-18-33(44)19-17-32)48(38(50)28-55-35-12-6-3-7-13-35)37(40(47)51)27-30-10-4-2-5-11-30/h2-7,10-21,26,37,39H,8-9,22-25,27-28H2,1H3,(H,45,49)(H,46,54)(H,52,53). The number of hydrogen-bond acceptors (Lipinski definition) is 6. The summed E-state index contributed by atoms with van der Waals surface area (Å²) < 4.78 is 5.88. The van der Waals surface area contributed by atoms with Crippen molar-refractivity contribution in [1.29, 1.82) is 0 Å². The van der Waals surface area contributed by atoms with Gasteiger partial charge >= 0.3 is 5.97 Å². The van der Waals surface area contributed by atoms with Gasteiger partial charge in [-0.25, -0.2) is 4.79 Å². The number of aliphatic carboxylic acids is 1. The third kappa shape index (κ3) is 9.24. The van der Waals surface area contributed by atoms with E-state index in [0.29, 0.717) is 53.4 Å². The van der Waals surface area contributed by atoms with Crippen molar-refractivity contribution in [2.24, 2.45) is 5.41 Å². The second-order valence-electron chi connectivity index (χ2n) is 13.9. The van der Waals surface area contributed by atoms with Crippen LogP contribution in [0.2, 0.25) is 5.02 Å². The number of benzene rings is 4. The molecule has 1 aliphatic carbocycles. The summed E-state index contributed by atoms with van der Waals surface area (Å²) in [5, 5.41) is 16.0. The minimum Gasteiger partial charge on any atom is -0.484 e. The molecule has 6 rings (SSSR count). The van der Waals surface area contributed by atoms with E-state index in [1.165, 1.54) is 13.0 Å². The summed E-state index contributed by atoms with van der Waals surface area (Å²) in [6.45, 7) is 1.43. The van der Waals surface area contributed by atoms with Crippen LogP contribution in [0.1, 0.15) is 61.9 Å². The molecule has 0 radical (unpaired) electrons. The monoisotopic (exact) mass is 762 g/mol. The van der Waals surface area contributed by atoms with Gasteiger partial charge in [0.05, 0.1) is 5.41 Å². The van der Waals surface area contributed by atoms with E-state index < -0.39 is 23.6 Å². The molecule has 55 heavy (non-hydrogen) atoms. The fourth-order valence-electron chi connectivity index (χ4n) is 7.40. The number of carboxylic acids is 1. The van der Waals surface area contributed by atoms with Crippen LogP contribution in [0.4, 0.5) is 5.69 Å². The van der Waals surface area contributed by atoms with Gasteiger partial charge in [-0.15, -0.1) is 0 Å². The molecule has 4 aromatic rings. The number of ether oxygens (including phenoxy) is 1. The highest BCUT2D eigenvalue weighted by Gasteiger charge is 2.50. The minimum atomic E-state index is -1.31. The van der Waals surface area contributed by atoms with Gasteiger partial charge in [0.1, 0.15) is 23.7 Å². The first-order valence-electron chi connectivity index (χ1n) is 18.3.